The number of carbonyl (C=O) groups is 1. The van der Waals surface area contributed by atoms with Crippen LogP contribution in [-0.4, -0.2) is 17.0 Å². The molecule has 0 aliphatic carbocycles. The van der Waals surface area contributed by atoms with Gasteiger partial charge in [-0.15, -0.1) is 0 Å². The van der Waals surface area contributed by atoms with Crippen molar-refractivity contribution in [3.8, 4) is 0 Å². The maximum Gasteiger partial charge on any atom is 0.220 e. The second-order valence-electron chi connectivity index (χ2n) is 9.44. The second kappa shape index (κ2) is 11.2. The van der Waals surface area contributed by atoms with E-state index in [1.54, 1.807) is 0 Å². The summed E-state index contributed by atoms with van der Waals surface area (Å²) in [5, 5.41) is 4.38. The molecule has 0 saturated heterocycles. The largest absolute Gasteiger partial charge is 0.356 e. The lowest BCUT2D eigenvalue weighted by atomic mass is 9.87. The summed E-state index contributed by atoms with van der Waals surface area (Å²) in [5.74, 6) is 0.133. The number of fused-ring (bicyclic) bond motifs is 1. The molecule has 1 N–H and O–H groups in total. The van der Waals surface area contributed by atoms with Gasteiger partial charge >= 0.3 is 0 Å². The predicted molar refractivity (Wildman–Crippen MR) is 142 cm³/mol. The van der Waals surface area contributed by atoms with Gasteiger partial charge in [-0.05, 0) is 43.0 Å². The number of nitrogens with one attached hydrogen (secondary N) is 1. The maximum absolute atomic E-state index is 13.0. The smallest absolute Gasteiger partial charge is 0.220 e. The fourth-order valence-electron chi connectivity index (χ4n) is 4.73. The Morgan fingerprint density at radius 3 is 2.47 bits per heavy atom. The van der Waals surface area contributed by atoms with Gasteiger partial charge in [-0.2, -0.15) is 0 Å². The Balaban J connectivity index is 1.70. The average molecular weight is 453 g/mol. The standard InChI is InChI=1S/C31H36N2O/c1-4-5-8-18-32-31(34)20-28(26-11-9-10-24(3)19-26)29-22-33(30-13-7-6-12-27(29)30)21-25-16-14-23(2)15-17-25/h6-7,9-17,19,22,28H,4-5,8,18,20-21H2,1-3H3,(H,32,34)/t28-/m1/s1. The molecule has 0 fully saturated rings. The third-order valence-corrected chi connectivity index (χ3v) is 6.60. The van der Waals surface area contributed by atoms with Crippen molar-refractivity contribution in [1.82, 2.24) is 9.88 Å². The minimum absolute atomic E-state index is 0.00948. The van der Waals surface area contributed by atoms with Crippen LogP contribution >= 0.6 is 0 Å². The number of aromatic nitrogens is 1. The Morgan fingerprint density at radius 2 is 1.71 bits per heavy atom. The summed E-state index contributed by atoms with van der Waals surface area (Å²) in [6, 6.07) is 25.9. The lowest BCUT2D eigenvalue weighted by molar-refractivity contribution is -0.121. The van der Waals surface area contributed by atoms with Crippen LogP contribution in [0.3, 0.4) is 0 Å². The van der Waals surface area contributed by atoms with Crippen molar-refractivity contribution >= 4 is 16.8 Å². The van der Waals surface area contributed by atoms with Gasteiger partial charge in [-0.25, -0.2) is 0 Å². The molecule has 3 nitrogen and oxygen atoms in total. The molecule has 0 saturated carbocycles. The highest BCUT2D eigenvalue weighted by molar-refractivity contribution is 5.86. The van der Waals surface area contributed by atoms with E-state index in [-0.39, 0.29) is 11.8 Å². The fourth-order valence-corrected chi connectivity index (χ4v) is 4.73. The van der Waals surface area contributed by atoms with Gasteiger partial charge in [0.05, 0.1) is 0 Å². The first-order valence-electron chi connectivity index (χ1n) is 12.5. The van der Waals surface area contributed by atoms with E-state index in [0.29, 0.717) is 6.42 Å². The molecule has 1 amide bonds. The van der Waals surface area contributed by atoms with Crippen LogP contribution in [0.5, 0.6) is 0 Å². The van der Waals surface area contributed by atoms with Gasteiger partial charge in [0.25, 0.3) is 0 Å². The zero-order valence-corrected chi connectivity index (χ0v) is 20.7. The molecule has 1 heterocycles. The van der Waals surface area contributed by atoms with E-state index in [0.717, 1.165) is 32.4 Å². The molecule has 1 atom stereocenters. The highest BCUT2D eigenvalue weighted by atomic mass is 16.1. The minimum Gasteiger partial charge on any atom is -0.356 e. The lowest BCUT2D eigenvalue weighted by Gasteiger charge is -2.18. The van der Waals surface area contributed by atoms with Crippen LogP contribution in [0.2, 0.25) is 0 Å². The molecule has 1 aromatic heterocycles. The maximum atomic E-state index is 13.0. The fraction of sp³-hybridized carbons (Fsp3) is 0.323. The number of unbranched alkanes of at least 4 members (excludes halogenated alkanes) is 2. The topological polar surface area (TPSA) is 34.0 Å². The number of aryl methyl sites for hydroxylation is 2. The summed E-state index contributed by atoms with van der Waals surface area (Å²) in [5.41, 5.74) is 7.39. The van der Waals surface area contributed by atoms with E-state index < -0.39 is 0 Å². The third kappa shape index (κ3) is 5.77. The summed E-state index contributed by atoms with van der Waals surface area (Å²) in [7, 11) is 0. The minimum atomic E-state index is 0.00948. The molecule has 0 aliphatic rings. The number of amides is 1. The molecule has 0 bridgehead atoms. The molecular weight excluding hydrogens is 416 g/mol. The van der Waals surface area contributed by atoms with Crippen molar-refractivity contribution in [1.29, 1.82) is 0 Å². The van der Waals surface area contributed by atoms with E-state index >= 15 is 0 Å². The average Bonchev–Trinajstić information content (AvgIpc) is 3.20. The first-order valence-corrected chi connectivity index (χ1v) is 12.5. The van der Waals surface area contributed by atoms with Crippen LogP contribution in [-0.2, 0) is 11.3 Å². The van der Waals surface area contributed by atoms with Gasteiger partial charge in [0.2, 0.25) is 5.91 Å². The third-order valence-electron chi connectivity index (χ3n) is 6.60. The van der Waals surface area contributed by atoms with E-state index in [2.05, 4.69) is 110 Å². The Bertz CT molecular complexity index is 1240. The number of carbonyl (C=O) groups excluding carboxylic acids is 1. The first kappa shape index (κ1) is 23.8. The van der Waals surface area contributed by atoms with Crippen molar-refractivity contribution in [2.45, 2.75) is 58.9 Å². The Hall–Kier alpha value is -3.33. The number of nitrogens with zero attached hydrogens (tertiary/aromatic N) is 1. The Morgan fingerprint density at radius 1 is 0.912 bits per heavy atom. The van der Waals surface area contributed by atoms with E-state index in [9.17, 15) is 4.79 Å². The van der Waals surface area contributed by atoms with E-state index in [1.807, 2.05) is 0 Å². The summed E-state index contributed by atoms with van der Waals surface area (Å²) in [6.07, 6.45) is 6.06. The molecule has 0 unspecified atom stereocenters. The predicted octanol–water partition coefficient (Wildman–Crippen LogP) is 7.13. The lowest BCUT2D eigenvalue weighted by Crippen LogP contribution is -2.26. The van der Waals surface area contributed by atoms with Crippen molar-refractivity contribution in [2.24, 2.45) is 0 Å². The molecular formula is C31H36N2O. The van der Waals surface area contributed by atoms with Crippen molar-refractivity contribution in [3.63, 3.8) is 0 Å². The first-order chi connectivity index (χ1) is 16.5. The number of hydrogen-bond donors (Lipinski definition) is 1. The highest BCUT2D eigenvalue weighted by Crippen LogP contribution is 2.35. The number of para-hydroxylation sites is 1. The van der Waals surface area contributed by atoms with Gasteiger partial charge in [0.15, 0.2) is 0 Å². The van der Waals surface area contributed by atoms with Gasteiger partial charge in [0.1, 0.15) is 0 Å². The molecule has 3 aromatic carbocycles. The molecule has 4 rings (SSSR count). The van der Waals surface area contributed by atoms with Crippen LogP contribution in [0.4, 0.5) is 0 Å². The van der Waals surface area contributed by atoms with Gasteiger partial charge < -0.3 is 9.88 Å². The summed E-state index contributed by atoms with van der Waals surface area (Å²) < 4.78 is 2.33. The number of hydrogen-bond acceptors (Lipinski definition) is 1. The number of benzene rings is 3. The molecule has 34 heavy (non-hydrogen) atoms. The van der Waals surface area contributed by atoms with Crippen molar-refractivity contribution in [2.75, 3.05) is 6.54 Å². The number of rotatable bonds is 10. The second-order valence-corrected chi connectivity index (χ2v) is 9.44. The Kier molecular flexibility index (Phi) is 7.84. The molecule has 176 valence electrons. The molecule has 0 aliphatic heterocycles. The quantitative estimate of drug-likeness (QED) is 0.255. The van der Waals surface area contributed by atoms with Gasteiger partial charge in [-0.3, -0.25) is 4.79 Å². The highest BCUT2D eigenvalue weighted by Gasteiger charge is 2.23. The summed E-state index contributed by atoms with van der Waals surface area (Å²) in [4.78, 5) is 13.0. The molecule has 3 heteroatoms. The van der Waals surface area contributed by atoms with Crippen LogP contribution < -0.4 is 5.32 Å². The summed E-state index contributed by atoms with van der Waals surface area (Å²) in [6.45, 7) is 7.98. The zero-order chi connectivity index (χ0) is 23.9. The molecule has 0 radical (unpaired) electrons. The SMILES string of the molecule is CCCCCNC(=O)C[C@H](c1cccc(C)c1)c1cn(Cc2ccc(C)cc2)c2ccccc12. The monoisotopic (exact) mass is 452 g/mol. The van der Waals surface area contributed by atoms with Crippen molar-refractivity contribution in [3.05, 3.63) is 107 Å². The van der Waals surface area contributed by atoms with E-state index in [1.165, 1.54) is 38.7 Å². The van der Waals surface area contributed by atoms with Gasteiger partial charge in [-0.1, -0.05) is 97.6 Å². The normalized spacial score (nSPS) is 12.1. The van der Waals surface area contributed by atoms with E-state index in [4.69, 9.17) is 0 Å². The van der Waals surface area contributed by atoms with Crippen LogP contribution in [0.1, 0.15) is 66.3 Å². The zero-order valence-electron chi connectivity index (χ0n) is 20.7. The molecule has 4 aromatic rings. The van der Waals surface area contributed by atoms with Gasteiger partial charge in [0, 0.05) is 42.5 Å². The van der Waals surface area contributed by atoms with Crippen molar-refractivity contribution < 1.29 is 4.79 Å². The summed E-state index contributed by atoms with van der Waals surface area (Å²) >= 11 is 0. The van der Waals surface area contributed by atoms with Crippen LogP contribution in [0.15, 0.2) is 79.0 Å². The van der Waals surface area contributed by atoms with Crippen LogP contribution in [0.25, 0.3) is 10.9 Å². The Labute approximate surface area is 203 Å². The molecule has 0 spiro atoms. The van der Waals surface area contributed by atoms with Crippen LogP contribution in [0, 0.1) is 13.8 Å².